The van der Waals surface area contributed by atoms with Gasteiger partial charge in [0.1, 0.15) is 0 Å². The Hall–Kier alpha value is -0.0800. The van der Waals surface area contributed by atoms with E-state index < -0.39 is 0 Å². The van der Waals surface area contributed by atoms with Crippen LogP contribution in [0.25, 0.3) is 0 Å². The smallest absolute Gasteiger partial charge is 0.0494 e. The number of rotatable bonds is 10. The van der Waals surface area contributed by atoms with Crippen molar-refractivity contribution in [1.82, 2.24) is 5.32 Å². The SMILES string of the molecule is C(CCCOCC1CC1)CCNC1CC1. The monoisotopic (exact) mass is 211 g/mol. The molecule has 0 saturated heterocycles. The van der Waals surface area contributed by atoms with Gasteiger partial charge in [0, 0.05) is 19.3 Å². The van der Waals surface area contributed by atoms with Crippen LogP contribution < -0.4 is 5.32 Å². The fourth-order valence-corrected chi connectivity index (χ4v) is 1.81. The molecule has 0 heterocycles. The Kier molecular flexibility index (Phi) is 4.94. The molecule has 2 heteroatoms. The molecular weight excluding hydrogens is 186 g/mol. The second kappa shape index (κ2) is 6.49. The van der Waals surface area contributed by atoms with Crippen LogP contribution in [0.4, 0.5) is 0 Å². The molecule has 2 saturated carbocycles. The molecule has 2 aliphatic carbocycles. The topological polar surface area (TPSA) is 21.3 Å². The molecule has 2 aliphatic rings. The van der Waals surface area contributed by atoms with Crippen molar-refractivity contribution in [3.05, 3.63) is 0 Å². The third-order valence-corrected chi connectivity index (χ3v) is 3.28. The molecular formula is C13H25NO. The van der Waals surface area contributed by atoms with Crippen LogP contribution in [-0.2, 0) is 4.74 Å². The molecule has 0 aromatic rings. The normalized spacial score (nSPS) is 20.8. The van der Waals surface area contributed by atoms with Crippen LogP contribution in [0.1, 0.15) is 51.4 Å². The minimum atomic E-state index is 0.881. The Bertz CT molecular complexity index is 146. The Balaban J connectivity index is 1.23. The van der Waals surface area contributed by atoms with Crippen LogP contribution >= 0.6 is 0 Å². The van der Waals surface area contributed by atoms with Crippen LogP contribution in [0.15, 0.2) is 0 Å². The Labute approximate surface area is 93.8 Å². The van der Waals surface area contributed by atoms with Crippen LogP contribution in [0.5, 0.6) is 0 Å². The number of hydrogen-bond donors (Lipinski definition) is 1. The molecule has 0 bridgehead atoms. The fraction of sp³-hybridized carbons (Fsp3) is 1.00. The Morgan fingerprint density at radius 1 is 0.933 bits per heavy atom. The maximum absolute atomic E-state index is 5.60. The lowest BCUT2D eigenvalue weighted by Gasteiger charge is -2.04. The zero-order valence-electron chi connectivity index (χ0n) is 9.84. The van der Waals surface area contributed by atoms with Crippen molar-refractivity contribution in [2.75, 3.05) is 19.8 Å². The molecule has 0 radical (unpaired) electrons. The average Bonchev–Trinajstić information content (AvgIpc) is 3.10. The molecule has 15 heavy (non-hydrogen) atoms. The summed E-state index contributed by atoms with van der Waals surface area (Å²) in [6.45, 7) is 3.25. The number of ether oxygens (including phenoxy) is 1. The second-order valence-corrected chi connectivity index (χ2v) is 5.16. The summed E-state index contributed by atoms with van der Waals surface area (Å²) in [6.07, 6.45) is 11.0. The van der Waals surface area contributed by atoms with Gasteiger partial charge in [0.2, 0.25) is 0 Å². The highest BCUT2D eigenvalue weighted by molar-refractivity contribution is 4.80. The van der Waals surface area contributed by atoms with Crippen LogP contribution in [0.2, 0.25) is 0 Å². The van der Waals surface area contributed by atoms with Crippen molar-refractivity contribution in [1.29, 1.82) is 0 Å². The number of unbranched alkanes of at least 4 members (excludes halogenated alkanes) is 3. The standard InChI is InChI=1S/C13H25NO/c1(3-9-14-13-7-8-13)2-4-10-15-11-12-5-6-12/h12-14H,1-11H2. The Morgan fingerprint density at radius 2 is 1.73 bits per heavy atom. The van der Waals surface area contributed by atoms with Crippen molar-refractivity contribution in [3.8, 4) is 0 Å². The molecule has 88 valence electrons. The van der Waals surface area contributed by atoms with E-state index in [0.717, 1.165) is 25.2 Å². The molecule has 0 aliphatic heterocycles. The van der Waals surface area contributed by atoms with Crippen LogP contribution in [0.3, 0.4) is 0 Å². The summed E-state index contributed by atoms with van der Waals surface area (Å²) in [4.78, 5) is 0. The van der Waals surface area contributed by atoms with E-state index in [1.165, 1.54) is 57.9 Å². The van der Waals surface area contributed by atoms with Crippen LogP contribution in [-0.4, -0.2) is 25.8 Å². The summed E-state index contributed by atoms with van der Waals surface area (Å²) in [6, 6.07) is 0.881. The first-order valence-corrected chi connectivity index (χ1v) is 6.76. The lowest BCUT2D eigenvalue weighted by Crippen LogP contribution is -2.17. The van der Waals surface area contributed by atoms with E-state index in [-0.39, 0.29) is 0 Å². The first-order chi connectivity index (χ1) is 7.45. The Morgan fingerprint density at radius 3 is 2.47 bits per heavy atom. The van der Waals surface area contributed by atoms with E-state index in [0.29, 0.717) is 0 Å². The van der Waals surface area contributed by atoms with Gasteiger partial charge in [0.15, 0.2) is 0 Å². The molecule has 0 aromatic carbocycles. The van der Waals surface area contributed by atoms with E-state index in [2.05, 4.69) is 5.32 Å². The summed E-state index contributed by atoms with van der Waals surface area (Å²) >= 11 is 0. The average molecular weight is 211 g/mol. The summed E-state index contributed by atoms with van der Waals surface area (Å²) in [5.74, 6) is 0.924. The van der Waals surface area contributed by atoms with Gasteiger partial charge >= 0.3 is 0 Å². The minimum absolute atomic E-state index is 0.881. The summed E-state index contributed by atoms with van der Waals surface area (Å²) in [7, 11) is 0. The van der Waals surface area contributed by atoms with Gasteiger partial charge in [-0.2, -0.15) is 0 Å². The van der Waals surface area contributed by atoms with Crippen molar-refractivity contribution in [3.63, 3.8) is 0 Å². The summed E-state index contributed by atoms with van der Waals surface area (Å²) in [5, 5.41) is 3.55. The van der Waals surface area contributed by atoms with Gasteiger partial charge in [-0.3, -0.25) is 0 Å². The fourth-order valence-electron chi connectivity index (χ4n) is 1.81. The van der Waals surface area contributed by atoms with Gasteiger partial charge in [-0.1, -0.05) is 12.8 Å². The van der Waals surface area contributed by atoms with E-state index in [9.17, 15) is 0 Å². The highest BCUT2D eigenvalue weighted by Gasteiger charge is 2.20. The number of nitrogens with one attached hydrogen (secondary N) is 1. The minimum Gasteiger partial charge on any atom is -0.381 e. The second-order valence-electron chi connectivity index (χ2n) is 5.16. The summed E-state index contributed by atoms with van der Waals surface area (Å²) in [5.41, 5.74) is 0. The maximum Gasteiger partial charge on any atom is 0.0494 e. The van der Waals surface area contributed by atoms with E-state index in [1.54, 1.807) is 0 Å². The van der Waals surface area contributed by atoms with Crippen molar-refractivity contribution in [2.24, 2.45) is 5.92 Å². The van der Waals surface area contributed by atoms with Gasteiger partial charge in [-0.15, -0.1) is 0 Å². The third-order valence-electron chi connectivity index (χ3n) is 3.28. The highest BCUT2D eigenvalue weighted by atomic mass is 16.5. The maximum atomic E-state index is 5.60. The molecule has 0 aromatic heterocycles. The van der Waals surface area contributed by atoms with Gasteiger partial charge in [0.05, 0.1) is 0 Å². The first-order valence-electron chi connectivity index (χ1n) is 6.76. The largest absolute Gasteiger partial charge is 0.381 e. The molecule has 0 unspecified atom stereocenters. The predicted molar refractivity (Wildman–Crippen MR) is 63.0 cm³/mol. The molecule has 0 amide bonds. The lowest BCUT2D eigenvalue weighted by molar-refractivity contribution is 0.120. The molecule has 2 fully saturated rings. The molecule has 1 N–H and O–H groups in total. The molecule has 2 rings (SSSR count). The van der Waals surface area contributed by atoms with Gasteiger partial charge in [-0.05, 0) is 51.0 Å². The van der Waals surface area contributed by atoms with E-state index in [1.807, 2.05) is 0 Å². The van der Waals surface area contributed by atoms with Crippen molar-refractivity contribution >= 4 is 0 Å². The highest BCUT2D eigenvalue weighted by Crippen LogP contribution is 2.28. The molecule has 0 spiro atoms. The van der Waals surface area contributed by atoms with Gasteiger partial charge in [0.25, 0.3) is 0 Å². The van der Waals surface area contributed by atoms with Gasteiger partial charge in [-0.25, -0.2) is 0 Å². The first kappa shape index (κ1) is 11.4. The van der Waals surface area contributed by atoms with E-state index >= 15 is 0 Å². The zero-order chi connectivity index (χ0) is 10.3. The lowest BCUT2D eigenvalue weighted by atomic mass is 10.2. The van der Waals surface area contributed by atoms with Crippen molar-refractivity contribution < 1.29 is 4.74 Å². The molecule has 2 nitrogen and oxygen atoms in total. The quantitative estimate of drug-likeness (QED) is 0.561. The molecule has 0 atom stereocenters. The van der Waals surface area contributed by atoms with Gasteiger partial charge < -0.3 is 10.1 Å². The van der Waals surface area contributed by atoms with E-state index in [4.69, 9.17) is 4.74 Å². The summed E-state index contributed by atoms with van der Waals surface area (Å²) < 4.78 is 5.60. The van der Waals surface area contributed by atoms with Crippen LogP contribution in [0, 0.1) is 5.92 Å². The predicted octanol–water partition coefficient (Wildman–Crippen LogP) is 2.73. The zero-order valence-corrected chi connectivity index (χ0v) is 9.84. The third kappa shape index (κ3) is 6.16. The number of hydrogen-bond acceptors (Lipinski definition) is 2. The van der Waals surface area contributed by atoms with Crippen molar-refractivity contribution in [2.45, 2.75) is 57.4 Å².